The van der Waals surface area contributed by atoms with Crippen LogP contribution in [0.1, 0.15) is 13.0 Å². The summed E-state index contributed by atoms with van der Waals surface area (Å²) in [5, 5.41) is 2.62. The number of carbonyl (C=O) groups is 1. The van der Waals surface area contributed by atoms with Gasteiger partial charge in [-0.3, -0.25) is 4.79 Å². The second-order valence-electron chi connectivity index (χ2n) is 3.00. The standard InChI is InChI=1S/C10H10BrNO2/c11-8-3-1-7(2-4-8)9-5-12-10(13)6-14-9/h1-4,9H,5-6H2,(H,12,13)/i9D. The molecule has 0 spiro atoms. The SMILES string of the molecule is [2H]C1(c2ccc(Br)cc2)CNC(=O)CO1. The summed E-state index contributed by atoms with van der Waals surface area (Å²) >= 11 is 3.32. The van der Waals surface area contributed by atoms with Crippen molar-refractivity contribution in [3.8, 4) is 0 Å². The van der Waals surface area contributed by atoms with E-state index < -0.39 is 6.08 Å². The van der Waals surface area contributed by atoms with Crippen LogP contribution in [0.2, 0.25) is 0 Å². The van der Waals surface area contributed by atoms with Crippen LogP contribution < -0.4 is 5.32 Å². The monoisotopic (exact) mass is 256 g/mol. The third-order valence-electron chi connectivity index (χ3n) is 1.99. The Morgan fingerprint density at radius 3 is 2.79 bits per heavy atom. The van der Waals surface area contributed by atoms with Gasteiger partial charge in [0.15, 0.2) is 0 Å². The maximum Gasteiger partial charge on any atom is 0.246 e. The zero-order chi connectivity index (χ0) is 10.9. The van der Waals surface area contributed by atoms with Crippen LogP contribution >= 0.6 is 15.9 Å². The number of nitrogens with one attached hydrogen (secondary N) is 1. The number of hydrogen-bond donors (Lipinski definition) is 1. The number of carbonyl (C=O) groups excluding carboxylic acids is 1. The number of amides is 1. The molecule has 0 radical (unpaired) electrons. The summed E-state index contributed by atoms with van der Waals surface area (Å²) in [5.74, 6) is -0.171. The van der Waals surface area contributed by atoms with Gasteiger partial charge >= 0.3 is 0 Å². The summed E-state index contributed by atoms with van der Waals surface area (Å²) in [7, 11) is 0. The molecule has 74 valence electrons. The molecule has 0 aliphatic carbocycles. The van der Waals surface area contributed by atoms with Gasteiger partial charge in [0, 0.05) is 11.0 Å². The van der Waals surface area contributed by atoms with Crippen LogP contribution in [-0.4, -0.2) is 19.1 Å². The molecular weight excluding hydrogens is 246 g/mol. The Labute approximate surface area is 92.0 Å². The molecule has 1 unspecified atom stereocenters. The van der Waals surface area contributed by atoms with Crippen LogP contribution in [0.3, 0.4) is 0 Å². The molecule has 1 saturated heterocycles. The average molecular weight is 257 g/mol. The van der Waals surface area contributed by atoms with Crippen LogP contribution in [0.5, 0.6) is 0 Å². The molecule has 1 N–H and O–H groups in total. The molecule has 1 amide bonds. The van der Waals surface area contributed by atoms with Gasteiger partial charge in [0.1, 0.15) is 12.7 Å². The fraction of sp³-hybridized carbons (Fsp3) is 0.300. The van der Waals surface area contributed by atoms with E-state index in [1.807, 2.05) is 24.3 Å². The first-order valence-corrected chi connectivity index (χ1v) is 5.06. The second-order valence-corrected chi connectivity index (χ2v) is 3.91. The van der Waals surface area contributed by atoms with Gasteiger partial charge in [-0.05, 0) is 17.7 Å². The molecule has 1 fully saturated rings. The molecule has 3 nitrogen and oxygen atoms in total. The number of halogens is 1. The molecule has 0 bridgehead atoms. The highest BCUT2D eigenvalue weighted by atomic mass is 79.9. The highest BCUT2D eigenvalue weighted by Crippen LogP contribution is 2.20. The lowest BCUT2D eigenvalue weighted by Gasteiger charge is -2.23. The number of ether oxygens (including phenoxy) is 1. The van der Waals surface area contributed by atoms with E-state index >= 15 is 0 Å². The molecule has 4 heteroatoms. The minimum Gasteiger partial charge on any atom is -0.362 e. The van der Waals surface area contributed by atoms with E-state index in [1.165, 1.54) is 0 Å². The van der Waals surface area contributed by atoms with Crippen molar-refractivity contribution in [1.29, 1.82) is 0 Å². The largest absolute Gasteiger partial charge is 0.362 e. The molecule has 1 aromatic carbocycles. The molecule has 1 aromatic rings. The van der Waals surface area contributed by atoms with Crippen molar-refractivity contribution in [3.63, 3.8) is 0 Å². The fourth-order valence-electron chi connectivity index (χ4n) is 1.25. The molecule has 1 heterocycles. The topological polar surface area (TPSA) is 38.3 Å². The second kappa shape index (κ2) is 4.11. The predicted octanol–water partition coefficient (Wildman–Crippen LogP) is 1.64. The quantitative estimate of drug-likeness (QED) is 0.830. The first-order valence-electron chi connectivity index (χ1n) is 4.77. The van der Waals surface area contributed by atoms with E-state index in [0.29, 0.717) is 0 Å². The first kappa shape index (κ1) is 8.44. The Kier molecular flexibility index (Phi) is 2.48. The zero-order valence-corrected chi connectivity index (χ0v) is 9.00. The van der Waals surface area contributed by atoms with Crippen molar-refractivity contribution >= 4 is 21.8 Å². The lowest BCUT2D eigenvalue weighted by atomic mass is 10.1. The lowest BCUT2D eigenvalue weighted by molar-refractivity contribution is -0.133. The van der Waals surface area contributed by atoms with Gasteiger partial charge in [-0.2, -0.15) is 0 Å². The summed E-state index contributed by atoms with van der Waals surface area (Å²) in [6, 6.07) is 7.33. The lowest BCUT2D eigenvalue weighted by Crippen LogP contribution is -2.38. The van der Waals surface area contributed by atoms with Gasteiger partial charge < -0.3 is 10.1 Å². The fourth-order valence-corrected chi connectivity index (χ4v) is 1.52. The van der Waals surface area contributed by atoms with Crippen molar-refractivity contribution in [2.45, 2.75) is 6.08 Å². The van der Waals surface area contributed by atoms with E-state index in [0.717, 1.165) is 10.0 Å². The number of rotatable bonds is 1. The van der Waals surface area contributed by atoms with Crippen molar-refractivity contribution in [2.24, 2.45) is 0 Å². The minimum atomic E-state index is -1.16. The van der Waals surface area contributed by atoms with Crippen molar-refractivity contribution in [1.82, 2.24) is 5.32 Å². The van der Waals surface area contributed by atoms with Gasteiger partial charge in [0.25, 0.3) is 0 Å². The van der Waals surface area contributed by atoms with Crippen molar-refractivity contribution in [2.75, 3.05) is 13.2 Å². The Morgan fingerprint density at radius 2 is 2.21 bits per heavy atom. The smallest absolute Gasteiger partial charge is 0.246 e. The summed E-state index contributed by atoms with van der Waals surface area (Å²) in [4.78, 5) is 10.9. The van der Waals surface area contributed by atoms with E-state index in [4.69, 9.17) is 6.11 Å². The Hall–Kier alpha value is -0.870. The summed E-state index contributed by atoms with van der Waals surface area (Å²) in [6.45, 7) is 0.132. The molecular formula is C10H10BrNO2. The van der Waals surface area contributed by atoms with E-state index in [-0.39, 0.29) is 19.1 Å². The highest BCUT2D eigenvalue weighted by Gasteiger charge is 2.19. The van der Waals surface area contributed by atoms with E-state index in [2.05, 4.69) is 21.2 Å². The van der Waals surface area contributed by atoms with Crippen LogP contribution in [0.4, 0.5) is 0 Å². The van der Waals surface area contributed by atoms with Crippen LogP contribution in [0.15, 0.2) is 28.7 Å². The predicted molar refractivity (Wildman–Crippen MR) is 55.8 cm³/mol. The van der Waals surface area contributed by atoms with Crippen molar-refractivity contribution < 1.29 is 10.9 Å². The molecule has 2 rings (SSSR count). The summed E-state index contributed by atoms with van der Waals surface area (Å²) < 4.78 is 14.3. The van der Waals surface area contributed by atoms with Crippen LogP contribution in [-0.2, 0) is 9.53 Å². The van der Waals surface area contributed by atoms with E-state index in [9.17, 15) is 4.79 Å². The van der Waals surface area contributed by atoms with Gasteiger partial charge in [-0.15, -0.1) is 0 Å². The van der Waals surface area contributed by atoms with Gasteiger partial charge in [-0.25, -0.2) is 0 Å². The Balaban J connectivity index is 2.22. The Morgan fingerprint density at radius 1 is 1.50 bits per heavy atom. The highest BCUT2D eigenvalue weighted by molar-refractivity contribution is 9.10. The van der Waals surface area contributed by atoms with Gasteiger partial charge in [-0.1, -0.05) is 28.1 Å². The van der Waals surface area contributed by atoms with E-state index in [1.54, 1.807) is 0 Å². The molecule has 1 aliphatic rings. The molecule has 1 aliphatic heterocycles. The maximum absolute atomic E-state index is 10.9. The number of benzene rings is 1. The van der Waals surface area contributed by atoms with Gasteiger partial charge in [0.05, 0.1) is 1.37 Å². The summed E-state index contributed by atoms with van der Waals surface area (Å²) in [6.07, 6.45) is -1.16. The molecule has 0 aromatic heterocycles. The first-order chi connectivity index (χ1) is 7.10. The van der Waals surface area contributed by atoms with Crippen LogP contribution in [0.25, 0.3) is 0 Å². The summed E-state index contributed by atoms with van der Waals surface area (Å²) in [5.41, 5.74) is 0.741. The van der Waals surface area contributed by atoms with Gasteiger partial charge in [0.2, 0.25) is 5.91 Å². The Bertz CT molecular complexity index is 370. The minimum absolute atomic E-state index is 0.0560. The zero-order valence-electron chi connectivity index (χ0n) is 8.42. The normalized spacial score (nSPS) is 28.1. The van der Waals surface area contributed by atoms with Crippen molar-refractivity contribution in [3.05, 3.63) is 34.3 Å². The molecule has 1 atom stereocenters. The molecule has 14 heavy (non-hydrogen) atoms. The van der Waals surface area contributed by atoms with Crippen LogP contribution in [0, 0.1) is 0 Å². The molecule has 0 saturated carbocycles. The third kappa shape index (κ3) is 2.13. The average Bonchev–Trinajstić information content (AvgIpc) is 2.24. The maximum atomic E-state index is 10.9. The third-order valence-corrected chi connectivity index (χ3v) is 2.52. The number of morpholine rings is 1. The number of hydrogen-bond acceptors (Lipinski definition) is 2.